The number of hydrogen-bond acceptors (Lipinski definition) is 2. The Labute approximate surface area is 306 Å². The van der Waals surface area contributed by atoms with Gasteiger partial charge in [0, 0.05) is 11.4 Å². The lowest BCUT2D eigenvalue weighted by Gasteiger charge is -2.14. The van der Waals surface area contributed by atoms with Crippen molar-refractivity contribution in [2.75, 3.05) is 11.5 Å². The van der Waals surface area contributed by atoms with Crippen LogP contribution < -0.4 is 11.5 Å². The van der Waals surface area contributed by atoms with Crippen LogP contribution in [0.5, 0.6) is 0 Å². The minimum Gasteiger partial charge on any atom is -0.399 e. The lowest BCUT2D eigenvalue weighted by Crippen LogP contribution is -2.00. The molecule has 0 amide bonds. The Morgan fingerprint density at radius 1 is 0.314 bits per heavy atom. The van der Waals surface area contributed by atoms with Gasteiger partial charge in [-0.2, -0.15) is 0 Å². The maximum atomic E-state index is 5.90. The normalized spacial score (nSPS) is 11.2. The molecular formula is C49H54N2. The predicted octanol–water partition coefficient (Wildman–Crippen LogP) is 11.5. The van der Waals surface area contributed by atoms with Gasteiger partial charge in [-0.15, -0.1) is 0 Å². The monoisotopic (exact) mass is 670 g/mol. The van der Waals surface area contributed by atoms with Crippen molar-refractivity contribution in [1.82, 2.24) is 0 Å². The molecule has 0 bridgehead atoms. The van der Waals surface area contributed by atoms with Gasteiger partial charge in [0.2, 0.25) is 0 Å². The maximum Gasteiger partial charge on any atom is 0.0314 e. The van der Waals surface area contributed by atoms with E-state index in [4.69, 9.17) is 11.5 Å². The highest BCUT2D eigenvalue weighted by atomic mass is 14.5. The van der Waals surface area contributed by atoms with E-state index >= 15 is 0 Å². The number of nitrogens with two attached hydrogens (primary N) is 2. The van der Waals surface area contributed by atoms with E-state index in [-0.39, 0.29) is 0 Å². The van der Waals surface area contributed by atoms with Crippen LogP contribution in [-0.2, 0) is 44.9 Å². The second-order valence-electron chi connectivity index (χ2n) is 14.4. The van der Waals surface area contributed by atoms with Crippen LogP contribution in [0.1, 0.15) is 106 Å². The lowest BCUT2D eigenvalue weighted by atomic mass is 9.92. The van der Waals surface area contributed by atoms with Gasteiger partial charge in [0.25, 0.3) is 0 Å². The van der Waals surface area contributed by atoms with Crippen LogP contribution in [0.25, 0.3) is 0 Å². The molecule has 0 aliphatic carbocycles. The number of aryl methyl sites for hydroxylation is 2. The Hall–Kier alpha value is -5.08. The van der Waals surface area contributed by atoms with Crippen molar-refractivity contribution in [3.05, 3.63) is 200 Å². The maximum absolute atomic E-state index is 5.90. The van der Waals surface area contributed by atoms with Crippen LogP contribution in [-0.4, -0.2) is 0 Å². The van der Waals surface area contributed by atoms with Gasteiger partial charge in [-0.25, -0.2) is 0 Å². The van der Waals surface area contributed by atoms with Crippen molar-refractivity contribution in [3.8, 4) is 0 Å². The van der Waals surface area contributed by atoms with Crippen LogP contribution in [0.4, 0.5) is 11.4 Å². The summed E-state index contributed by atoms with van der Waals surface area (Å²) in [5.41, 5.74) is 30.1. The van der Waals surface area contributed by atoms with Crippen molar-refractivity contribution in [2.24, 2.45) is 0 Å². The predicted molar refractivity (Wildman–Crippen MR) is 219 cm³/mol. The van der Waals surface area contributed by atoms with E-state index in [0.717, 1.165) is 56.3 Å². The third kappa shape index (κ3) is 10.5. The first-order valence-electron chi connectivity index (χ1n) is 19.0. The molecule has 0 fully saturated rings. The fourth-order valence-corrected chi connectivity index (χ4v) is 7.09. The van der Waals surface area contributed by atoms with Crippen LogP contribution in [0, 0.1) is 0 Å². The molecule has 0 aromatic heterocycles. The summed E-state index contributed by atoms with van der Waals surface area (Å²) in [4.78, 5) is 0. The Kier molecular flexibility index (Phi) is 12.4. The highest BCUT2D eigenvalue weighted by molar-refractivity contribution is 5.44. The van der Waals surface area contributed by atoms with E-state index in [1.807, 2.05) is 24.3 Å². The van der Waals surface area contributed by atoms with Crippen molar-refractivity contribution < 1.29 is 0 Å². The number of rotatable bonds is 16. The number of anilines is 2. The Morgan fingerprint density at radius 2 is 0.588 bits per heavy atom. The fourth-order valence-electron chi connectivity index (χ4n) is 7.09. The molecule has 4 N–H and O–H groups in total. The van der Waals surface area contributed by atoms with Gasteiger partial charge in [-0.3, -0.25) is 0 Å². The highest BCUT2D eigenvalue weighted by Gasteiger charge is 2.09. The highest BCUT2D eigenvalue weighted by Crippen LogP contribution is 2.24. The zero-order valence-corrected chi connectivity index (χ0v) is 30.6. The summed E-state index contributed by atoms with van der Waals surface area (Å²) in [6.07, 6.45) is 11.9. The topological polar surface area (TPSA) is 52.0 Å². The zero-order chi connectivity index (χ0) is 35.4. The second-order valence-corrected chi connectivity index (χ2v) is 14.4. The molecular weight excluding hydrogens is 617 g/mol. The number of benzene rings is 6. The standard InChI is InChI=1S/C49H54N2/c1-3-5-7-44-34-42(30-38-19-25-48(50)26-20-38)17-23-46(44)32-40-13-9-36(10-14-40)29-37-11-15-41(16-12-37)33-47-24-18-43(35-45(47)8-6-4-2)31-39-21-27-49(51)28-22-39/h9-28,34-35H,3-8,29-33,50-51H2,1-2H3. The minimum absolute atomic E-state index is 0.817. The Bertz CT molecular complexity index is 1820. The summed E-state index contributed by atoms with van der Waals surface area (Å²) >= 11 is 0. The molecule has 0 saturated heterocycles. The van der Waals surface area contributed by atoms with Crippen LogP contribution in [0.2, 0.25) is 0 Å². The molecule has 6 aromatic carbocycles. The lowest BCUT2D eigenvalue weighted by molar-refractivity contribution is 0.787. The second kappa shape index (κ2) is 17.7. The van der Waals surface area contributed by atoms with E-state index in [9.17, 15) is 0 Å². The molecule has 0 atom stereocenters. The summed E-state index contributed by atoms with van der Waals surface area (Å²) in [6, 6.07) is 49.3. The van der Waals surface area contributed by atoms with E-state index in [2.05, 4.69) is 123 Å². The average Bonchev–Trinajstić information content (AvgIpc) is 3.15. The van der Waals surface area contributed by atoms with Crippen LogP contribution >= 0.6 is 0 Å². The molecule has 0 saturated carbocycles. The molecule has 0 unspecified atom stereocenters. The summed E-state index contributed by atoms with van der Waals surface area (Å²) in [6.45, 7) is 4.55. The number of unbranched alkanes of at least 4 members (excludes halogenated alkanes) is 2. The summed E-state index contributed by atoms with van der Waals surface area (Å²) < 4.78 is 0. The third-order valence-corrected chi connectivity index (χ3v) is 10.2. The molecule has 51 heavy (non-hydrogen) atoms. The van der Waals surface area contributed by atoms with Gasteiger partial charge in [-0.1, -0.05) is 136 Å². The smallest absolute Gasteiger partial charge is 0.0314 e. The molecule has 0 radical (unpaired) electrons. The van der Waals surface area contributed by atoms with Crippen molar-refractivity contribution >= 4 is 11.4 Å². The van der Waals surface area contributed by atoms with E-state index in [1.165, 1.54) is 92.4 Å². The van der Waals surface area contributed by atoms with Crippen molar-refractivity contribution in [1.29, 1.82) is 0 Å². The van der Waals surface area contributed by atoms with Gasteiger partial charge < -0.3 is 11.5 Å². The van der Waals surface area contributed by atoms with Gasteiger partial charge in [0.05, 0.1) is 0 Å². The van der Waals surface area contributed by atoms with Crippen LogP contribution in [0.15, 0.2) is 133 Å². The minimum atomic E-state index is 0.817. The zero-order valence-electron chi connectivity index (χ0n) is 30.6. The Balaban J connectivity index is 1.07. The van der Waals surface area contributed by atoms with Crippen molar-refractivity contribution in [3.63, 3.8) is 0 Å². The molecule has 6 rings (SSSR count). The largest absolute Gasteiger partial charge is 0.399 e. The summed E-state index contributed by atoms with van der Waals surface area (Å²) in [5.74, 6) is 0. The number of nitrogen functional groups attached to an aromatic ring is 2. The molecule has 0 aliphatic heterocycles. The van der Waals surface area contributed by atoms with Gasteiger partial charge in [0.1, 0.15) is 0 Å². The van der Waals surface area contributed by atoms with E-state index in [0.29, 0.717) is 0 Å². The SMILES string of the molecule is CCCCc1cc(Cc2ccc(N)cc2)ccc1Cc1ccc(Cc2ccc(Cc3ccc(Cc4ccc(N)cc4)cc3CCCC)cc2)cc1. The van der Waals surface area contributed by atoms with Gasteiger partial charge >= 0.3 is 0 Å². The quantitative estimate of drug-likeness (QED) is 0.101. The van der Waals surface area contributed by atoms with E-state index < -0.39 is 0 Å². The fraction of sp³-hybridized carbons (Fsp3) is 0.265. The first-order valence-corrected chi connectivity index (χ1v) is 19.0. The average molecular weight is 671 g/mol. The molecule has 0 spiro atoms. The van der Waals surface area contributed by atoms with E-state index in [1.54, 1.807) is 0 Å². The van der Waals surface area contributed by atoms with Crippen LogP contribution in [0.3, 0.4) is 0 Å². The summed E-state index contributed by atoms with van der Waals surface area (Å²) in [7, 11) is 0. The molecule has 0 aliphatic rings. The third-order valence-electron chi connectivity index (χ3n) is 10.2. The molecule has 0 heterocycles. The molecule has 2 nitrogen and oxygen atoms in total. The first-order chi connectivity index (χ1) is 24.9. The van der Waals surface area contributed by atoms with Gasteiger partial charge in [-0.05, 0) is 149 Å². The Morgan fingerprint density at radius 3 is 0.922 bits per heavy atom. The molecule has 2 heteroatoms. The molecule has 260 valence electrons. The number of hydrogen-bond donors (Lipinski definition) is 2. The van der Waals surface area contributed by atoms with Crippen molar-refractivity contribution in [2.45, 2.75) is 84.5 Å². The summed E-state index contributed by atoms with van der Waals surface area (Å²) in [5, 5.41) is 0. The molecule has 6 aromatic rings. The first kappa shape index (κ1) is 35.7. The van der Waals surface area contributed by atoms with Gasteiger partial charge in [0.15, 0.2) is 0 Å².